The van der Waals surface area contributed by atoms with Gasteiger partial charge in [-0.05, 0) is 36.2 Å². The van der Waals surface area contributed by atoms with Gasteiger partial charge in [0.25, 0.3) is 0 Å². The van der Waals surface area contributed by atoms with E-state index in [1.165, 1.54) is 29.3 Å². The van der Waals surface area contributed by atoms with Crippen molar-refractivity contribution in [1.82, 2.24) is 5.43 Å². The van der Waals surface area contributed by atoms with Gasteiger partial charge in [0.1, 0.15) is 6.04 Å². The van der Waals surface area contributed by atoms with Crippen LogP contribution in [0.1, 0.15) is 18.0 Å². The second-order valence-corrected chi connectivity index (χ2v) is 7.36. The lowest BCUT2D eigenvalue weighted by molar-refractivity contribution is -0.152. The zero-order chi connectivity index (χ0) is 18.2. The monoisotopic (exact) mass is 371 g/mol. The number of rotatable bonds is 3. The van der Waals surface area contributed by atoms with E-state index >= 15 is 0 Å². The van der Waals surface area contributed by atoms with Crippen molar-refractivity contribution < 1.29 is 21.6 Å². The Bertz CT molecular complexity index is 839. The van der Waals surface area contributed by atoms with E-state index in [-0.39, 0.29) is 11.3 Å². The van der Waals surface area contributed by atoms with E-state index in [1.807, 2.05) is 0 Å². The van der Waals surface area contributed by atoms with Gasteiger partial charge in [-0.15, -0.1) is 0 Å². The first kappa shape index (κ1) is 17.7. The minimum Gasteiger partial charge on any atom is -0.300 e. The van der Waals surface area contributed by atoms with Crippen LogP contribution in [0.5, 0.6) is 0 Å². The lowest BCUT2D eigenvalue weighted by atomic mass is 10.0. The van der Waals surface area contributed by atoms with E-state index in [0.717, 1.165) is 5.56 Å². The fraction of sp³-hybridized carbons (Fsp3) is 0.250. The zero-order valence-electron chi connectivity index (χ0n) is 12.9. The number of hydrogen-bond acceptors (Lipinski definition) is 4. The van der Waals surface area contributed by atoms with Crippen molar-refractivity contribution in [3.05, 3.63) is 60.2 Å². The fourth-order valence-corrected chi connectivity index (χ4v) is 3.37. The van der Waals surface area contributed by atoms with Gasteiger partial charge in [0, 0.05) is 0 Å². The normalized spacial score (nSPS) is 21.5. The molecule has 0 bridgehead atoms. The summed E-state index contributed by atoms with van der Waals surface area (Å²) >= 11 is 0. The van der Waals surface area contributed by atoms with Gasteiger partial charge in [-0.3, -0.25) is 0 Å². The molecule has 2 atom stereocenters. The molecule has 0 aliphatic carbocycles. The molecule has 1 saturated heterocycles. The Morgan fingerprint density at radius 3 is 2.16 bits per heavy atom. The number of nitrogens with zero attached hydrogens (tertiary/aromatic N) is 1. The third-order valence-electron chi connectivity index (χ3n) is 4.09. The molecular weight excluding hydrogens is 355 g/mol. The lowest BCUT2D eigenvalue weighted by Gasteiger charge is -2.27. The highest BCUT2D eigenvalue weighted by atomic mass is 32.2. The van der Waals surface area contributed by atoms with Crippen LogP contribution in [0.3, 0.4) is 0 Å². The maximum absolute atomic E-state index is 13.2. The molecule has 134 valence electrons. The largest absolute Gasteiger partial charge is 0.405 e. The molecule has 5 nitrogen and oxygen atoms in total. The number of nitrogens with one attached hydrogen (secondary N) is 1. The Balaban J connectivity index is 1.96. The van der Waals surface area contributed by atoms with Crippen LogP contribution in [0.15, 0.2) is 59.5 Å². The third kappa shape index (κ3) is 3.78. The Hall–Kier alpha value is -2.10. The lowest BCUT2D eigenvalue weighted by Crippen LogP contribution is -2.43. The second-order valence-electron chi connectivity index (χ2n) is 5.79. The van der Waals surface area contributed by atoms with Crippen molar-refractivity contribution in [2.75, 3.05) is 5.01 Å². The van der Waals surface area contributed by atoms with Gasteiger partial charge in [0.2, 0.25) is 10.0 Å². The Labute approximate surface area is 143 Å². The quantitative estimate of drug-likeness (QED) is 0.870. The minimum absolute atomic E-state index is 0.0981. The molecule has 1 aliphatic heterocycles. The topological polar surface area (TPSA) is 75.4 Å². The van der Waals surface area contributed by atoms with Crippen LogP contribution < -0.4 is 15.6 Å². The molecule has 0 radical (unpaired) electrons. The summed E-state index contributed by atoms with van der Waals surface area (Å²) in [7, 11) is -3.86. The minimum atomic E-state index is -4.39. The van der Waals surface area contributed by atoms with Gasteiger partial charge < -0.3 is 5.01 Å². The molecule has 0 saturated carbocycles. The summed E-state index contributed by atoms with van der Waals surface area (Å²) in [5, 5.41) is 6.47. The van der Waals surface area contributed by atoms with Crippen molar-refractivity contribution in [3.8, 4) is 0 Å². The Morgan fingerprint density at radius 1 is 1.04 bits per heavy atom. The molecule has 0 amide bonds. The third-order valence-corrected chi connectivity index (χ3v) is 5.02. The average molecular weight is 371 g/mol. The number of benzene rings is 2. The summed E-state index contributed by atoms with van der Waals surface area (Å²) in [4.78, 5) is -0.0981. The Kier molecular flexibility index (Phi) is 4.48. The molecular formula is C16H16F3N3O2S. The maximum atomic E-state index is 13.2. The number of primary sulfonamides is 1. The first-order chi connectivity index (χ1) is 11.7. The fourth-order valence-electron chi connectivity index (χ4n) is 2.86. The van der Waals surface area contributed by atoms with Gasteiger partial charge >= 0.3 is 6.18 Å². The molecule has 2 aromatic carbocycles. The highest BCUT2D eigenvalue weighted by Crippen LogP contribution is 2.39. The number of halogens is 3. The molecule has 1 aliphatic rings. The summed E-state index contributed by atoms with van der Waals surface area (Å²) in [6, 6.07) is 12.0. The number of alkyl halides is 3. The van der Waals surface area contributed by atoms with E-state index in [1.54, 1.807) is 30.3 Å². The molecule has 3 rings (SSSR count). The summed E-state index contributed by atoms with van der Waals surface area (Å²) in [5.41, 5.74) is 3.64. The first-order valence-electron chi connectivity index (χ1n) is 7.46. The van der Waals surface area contributed by atoms with Crippen LogP contribution in [0.25, 0.3) is 0 Å². The molecule has 1 fully saturated rings. The highest BCUT2D eigenvalue weighted by molar-refractivity contribution is 7.89. The number of hydrogen-bond donors (Lipinski definition) is 2. The van der Waals surface area contributed by atoms with Gasteiger partial charge in [0.05, 0.1) is 16.6 Å². The Morgan fingerprint density at radius 2 is 1.64 bits per heavy atom. The predicted octanol–water partition coefficient (Wildman–Crippen LogP) is 2.72. The number of nitrogens with two attached hydrogens (primary N) is 1. The molecule has 2 unspecified atom stereocenters. The SMILES string of the molecule is NS(=O)(=O)c1ccc(N2NC(C(F)(F)F)CC2c2ccccc2)cc1. The van der Waals surface area contributed by atoms with Gasteiger partial charge in [-0.2, -0.15) is 13.2 Å². The van der Waals surface area contributed by atoms with E-state index in [0.29, 0.717) is 5.69 Å². The van der Waals surface area contributed by atoms with Crippen LogP contribution in [-0.2, 0) is 10.0 Å². The number of sulfonamides is 1. The van der Waals surface area contributed by atoms with Crippen LogP contribution in [-0.4, -0.2) is 20.6 Å². The smallest absolute Gasteiger partial charge is 0.300 e. The van der Waals surface area contributed by atoms with Gasteiger partial charge in [-0.25, -0.2) is 19.0 Å². The van der Waals surface area contributed by atoms with Crippen LogP contribution in [0.2, 0.25) is 0 Å². The molecule has 9 heteroatoms. The summed E-state index contributed by atoms with van der Waals surface area (Å²) < 4.78 is 62.2. The van der Waals surface area contributed by atoms with Crippen molar-refractivity contribution in [2.45, 2.75) is 29.6 Å². The molecule has 2 aromatic rings. The zero-order valence-corrected chi connectivity index (χ0v) is 13.8. The maximum Gasteiger partial charge on any atom is 0.405 e. The van der Waals surface area contributed by atoms with E-state index in [9.17, 15) is 21.6 Å². The second kappa shape index (κ2) is 6.32. The van der Waals surface area contributed by atoms with Crippen molar-refractivity contribution >= 4 is 15.7 Å². The first-order valence-corrected chi connectivity index (χ1v) is 9.01. The molecule has 1 heterocycles. The van der Waals surface area contributed by atoms with Crippen LogP contribution in [0.4, 0.5) is 18.9 Å². The van der Waals surface area contributed by atoms with Crippen molar-refractivity contribution in [1.29, 1.82) is 0 Å². The van der Waals surface area contributed by atoms with Crippen LogP contribution in [0, 0.1) is 0 Å². The molecule has 0 spiro atoms. The highest BCUT2D eigenvalue weighted by Gasteiger charge is 2.48. The summed E-state index contributed by atoms with van der Waals surface area (Å²) in [6.07, 6.45) is -4.53. The molecule has 3 N–H and O–H groups in total. The molecule has 25 heavy (non-hydrogen) atoms. The standard InChI is InChI=1S/C16H16F3N3O2S/c17-16(18,19)15-10-14(11-4-2-1-3-5-11)22(21-15)12-6-8-13(9-7-12)25(20,23)24/h1-9,14-15,21H,10H2,(H2,20,23,24). The van der Waals surface area contributed by atoms with Gasteiger partial charge in [0.15, 0.2) is 0 Å². The van der Waals surface area contributed by atoms with Gasteiger partial charge in [-0.1, -0.05) is 30.3 Å². The van der Waals surface area contributed by atoms with Crippen molar-refractivity contribution in [2.24, 2.45) is 5.14 Å². The average Bonchev–Trinajstić information content (AvgIpc) is 3.00. The van der Waals surface area contributed by atoms with E-state index in [2.05, 4.69) is 5.43 Å². The number of hydrazine groups is 1. The summed E-state index contributed by atoms with van der Waals surface area (Å²) in [5.74, 6) is 0. The molecule has 0 aromatic heterocycles. The van der Waals surface area contributed by atoms with Crippen molar-refractivity contribution in [3.63, 3.8) is 0 Å². The summed E-state index contributed by atoms with van der Waals surface area (Å²) in [6.45, 7) is 0. The predicted molar refractivity (Wildman–Crippen MR) is 87.1 cm³/mol. The number of anilines is 1. The van der Waals surface area contributed by atoms with Crippen LogP contribution >= 0.6 is 0 Å². The van der Waals surface area contributed by atoms with E-state index in [4.69, 9.17) is 5.14 Å². The van der Waals surface area contributed by atoms with E-state index < -0.39 is 28.3 Å².